The van der Waals surface area contributed by atoms with Crippen molar-refractivity contribution in [2.24, 2.45) is 11.3 Å². The maximum atomic E-state index is 4.43. The second-order valence-corrected chi connectivity index (χ2v) is 7.00. The van der Waals surface area contributed by atoms with Crippen molar-refractivity contribution >= 4 is 12.6 Å². The van der Waals surface area contributed by atoms with E-state index in [9.17, 15) is 0 Å². The zero-order chi connectivity index (χ0) is 11.5. The Morgan fingerprint density at radius 1 is 1.27 bits per heavy atom. The van der Waals surface area contributed by atoms with E-state index in [4.69, 9.17) is 0 Å². The van der Waals surface area contributed by atoms with Gasteiger partial charge in [-0.25, -0.2) is 0 Å². The van der Waals surface area contributed by atoms with E-state index in [0.29, 0.717) is 10.7 Å². The molecule has 0 aromatic rings. The van der Waals surface area contributed by atoms with Crippen LogP contribution in [0.2, 0.25) is 0 Å². The van der Waals surface area contributed by atoms with Crippen molar-refractivity contribution in [3.63, 3.8) is 0 Å². The van der Waals surface area contributed by atoms with Gasteiger partial charge in [0.25, 0.3) is 0 Å². The van der Waals surface area contributed by atoms with Crippen molar-refractivity contribution in [2.75, 3.05) is 19.6 Å². The molecule has 0 radical (unpaired) electrons. The van der Waals surface area contributed by atoms with E-state index in [0.717, 1.165) is 5.92 Å². The highest BCUT2D eigenvalue weighted by atomic mass is 32.1. The molecule has 2 heteroatoms. The zero-order valence-corrected chi connectivity index (χ0v) is 11.7. The van der Waals surface area contributed by atoms with Gasteiger partial charge in [0.2, 0.25) is 0 Å². The average Bonchev–Trinajstić information content (AvgIpc) is 2.14. The van der Waals surface area contributed by atoms with E-state index in [1.165, 1.54) is 38.9 Å². The summed E-state index contributed by atoms with van der Waals surface area (Å²) in [5, 5.41) is 0.547. The molecule has 0 aromatic heterocycles. The van der Waals surface area contributed by atoms with Crippen LogP contribution in [-0.4, -0.2) is 29.8 Å². The van der Waals surface area contributed by atoms with Crippen LogP contribution in [-0.2, 0) is 0 Å². The van der Waals surface area contributed by atoms with Gasteiger partial charge in [0, 0.05) is 5.25 Å². The Kier molecular flexibility index (Phi) is 4.98. The summed E-state index contributed by atoms with van der Waals surface area (Å²) in [5.74, 6) is 0.919. The van der Waals surface area contributed by atoms with Gasteiger partial charge >= 0.3 is 0 Å². The standard InChI is InChI=1S/C13H27NS/c1-11(15)5-8-14-9-6-12(7-10-14)13(2,3)4/h11-12,15H,5-10H2,1-4H3. The van der Waals surface area contributed by atoms with E-state index in [1.807, 2.05) is 0 Å². The normalized spacial score (nSPS) is 23.0. The number of rotatable bonds is 3. The first-order valence-corrected chi connectivity index (χ1v) is 6.81. The average molecular weight is 229 g/mol. The molecule has 0 spiro atoms. The van der Waals surface area contributed by atoms with Gasteiger partial charge in [0.1, 0.15) is 0 Å². The maximum Gasteiger partial charge on any atom is 0.0000573 e. The topological polar surface area (TPSA) is 3.24 Å². The first-order chi connectivity index (χ1) is 6.89. The Balaban J connectivity index is 2.24. The Hall–Kier alpha value is 0.310. The smallest absolute Gasteiger partial charge is 0.0000573 e. The largest absolute Gasteiger partial charge is 0.303 e. The molecule has 0 aromatic carbocycles. The van der Waals surface area contributed by atoms with Crippen molar-refractivity contribution in [3.05, 3.63) is 0 Å². The van der Waals surface area contributed by atoms with E-state index < -0.39 is 0 Å². The number of nitrogens with zero attached hydrogens (tertiary/aromatic N) is 1. The van der Waals surface area contributed by atoms with Gasteiger partial charge in [-0.2, -0.15) is 12.6 Å². The summed E-state index contributed by atoms with van der Waals surface area (Å²) in [6, 6.07) is 0. The molecule has 1 aliphatic heterocycles. The van der Waals surface area contributed by atoms with Gasteiger partial charge in [-0.15, -0.1) is 0 Å². The van der Waals surface area contributed by atoms with Crippen LogP contribution in [0.4, 0.5) is 0 Å². The van der Waals surface area contributed by atoms with Crippen LogP contribution in [0.5, 0.6) is 0 Å². The van der Waals surface area contributed by atoms with Gasteiger partial charge in [-0.1, -0.05) is 27.7 Å². The maximum absolute atomic E-state index is 4.43. The van der Waals surface area contributed by atoms with Gasteiger partial charge in [0.15, 0.2) is 0 Å². The molecule has 0 N–H and O–H groups in total. The van der Waals surface area contributed by atoms with Gasteiger partial charge in [-0.05, 0) is 50.2 Å². The minimum Gasteiger partial charge on any atom is -0.303 e. The highest BCUT2D eigenvalue weighted by Crippen LogP contribution is 2.34. The minimum atomic E-state index is 0.503. The number of piperidine rings is 1. The molecule has 90 valence electrons. The first kappa shape index (κ1) is 13.4. The van der Waals surface area contributed by atoms with Crippen LogP contribution in [0, 0.1) is 11.3 Å². The molecule has 0 aliphatic carbocycles. The summed E-state index contributed by atoms with van der Waals surface area (Å²) in [6.07, 6.45) is 3.98. The molecular formula is C13H27NS. The summed E-state index contributed by atoms with van der Waals surface area (Å²) in [6.45, 7) is 13.1. The van der Waals surface area contributed by atoms with E-state index in [2.05, 4.69) is 45.2 Å². The lowest BCUT2D eigenvalue weighted by Crippen LogP contribution is -2.38. The third-order valence-corrected chi connectivity index (χ3v) is 3.93. The fourth-order valence-corrected chi connectivity index (χ4v) is 2.51. The third kappa shape index (κ3) is 4.78. The lowest BCUT2D eigenvalue weighted by atomic mass is 9.75. The minimum absolute atomic E-state index is 0.503. The van der Waals surface area contributed by atoms with Crippen molar-refractivity contribution in [1.82, 2.24) is 4.90 Å². The fourth-order valence-electron chi connectivity index (χ4n) is 2.39. The van der Waals surface area contributed by atoms with E-state index >= 15 is 0 Å². The monoisotopic (exact) mass is 229 g/mol. The predicted octanol–water partition coefficient (Wildman–Crippen LogP) is 3.45. The molecule has 1 nitrogen and oxygen atoms in total. The van der Waals surface area contributed by atoms with E-state index in [-0.39, 0.29) is 0 Å². The quantitative estimate of drug-likeness (QED) is 0.726. The lowest BCUT2D eigenvalue weighted by Gasteiger charge is -2.38. The lowest BCUT2D eigenvalue weighted by molar-refractivity contribution is 0.112. The highest BCUT2D eigenvalue weighted by molar-refractivity contribution is 7.80. The van der Waals surface area contributed by atoms with Crippen LogP contribution >= 0.6 is 12.6 Å². The van der Waals surface area contributed by atoms with Crippen LogP contribution in [0.25, 0.3) is 0 Å². The molecule has 15 heavy (non-hydrogen) atoms. The number of thiol groups is 1. The van der Waals surface area contributed by atoms with Crippen molar-refractivity contribution in [1.29, 1.82) is 0 Å². The van der Waals surface area contributed by atoms with Gasteiger partial charge < -0.3 is 4.90 Å². The molecular weight excluding hydrogens is 202 g/mol. The third-order valence-electron chi connectivity index (χ3n) is 3.68. The molecule has 1 fully saturated rings. The Morgan fingerprint density at radius 3 is 2.20 bits per heavy atom. The fraction of sp³-hybridized carbons (Fsp3) is 1.00. The zero-order valence-electron chi connectivity index (χ0n) is 10.8. The van der Waals surface area contributed by atoms with Crippen LogP contribution in [0.3, 0.4) is 0 Å². The molecule has 1 heterocycles. The first-order valence-electron chi connectivity index (χ1n) is 6.30. The Labute approximate surface area is 101 Å². The number of likely N-dealkylation sites (tertiary alicyclic amines) is 1. The Morgan fingerprint density at radius 2 is 1.80 bits per heavy atom. The summed E-state index contributed by atoms with van der Waals surface area (Å²) in [7, 11) is 0. The molecule has 0 amide bonds. The highest BCUT2D eigenvalue weighted by Gasteiger charge is 2.28. The molecule has 1 unspecified atom stereocenters. The molecule has 0 bridgehead atoms. The summed E-state index contributed by atoms with van der Waals surface area (Å²) in [5.41, 5.74) is 0.503. The predicted molar refractivity (Wildman–Crippen MR) is 71.7 cm³/mol. The SMILES string of the molecule is CC(S)CCN1CCC(C(C)(C)C)CC1. The molecule has 0 saturated carbocycles. The van der Waals surface area contributed by atoms with Crippen LogP contribution in [0.1, 0.15) is 47.0 Å². The van der Waals surface area contributed by atoms with Crippen LogP contribution < -0.4 is 0 Å². The van der Waals surface area contributed by atoms with E-state index in [1.54, 1.807) is 0 Å². The summed E-state index contributed by atoms with van der Waals surface area (Å²) in [4.78, 5) is 2.61. The summed E-state index contributed by atoms with van der Waals surface area (Å²) >= 11 is 4.43. The number of hydrogen-bond donors (Lipinski definition) is 1. The molecule has 1 saturated heterocycles. The van der Waals surface area contributed by atoms with Crippen LogP contribution in [0.15, 0.2) is 0 Å². The summed E-state index contributed by atoms with van der Waals surface area (Å²) < 4.78 is 0. The van der Waals surface area contributed by atoms with Crippen molar-refractivity contribution in [3.8, 4) is 0 Å². The van der Waals surface area contributed by atoms with Crippen molar-refractivity contribution < 1.29 is 0 Å². The van der Waals surface area contributed by atoms with Gasteiger partial charge in [-0.3, -0.25) is 0 Å². The van der Waals surface area contributed by atoms with Gasteiger partial charge in [0.05, 0.1) is 0 Å². The molecule has 1 rings (SSSR count). The second kappa shape index (κ2) is 5.58. The molecule has 1 aliphatic rings. The number of hydrogen-bond acceptors (Lipinski definition) is 2. The van der Waals surface area contributed by atoms with Crippen molar-refractivity contribution in [2.45, 2.75) is 52.2 Å². The Bertz CT molecular complexity index is 175. The second-order valence-electron chi connectivity index (χ2n) is 6.12. The molecule has 1 atom stereocenters.